The van der Waals surface area contributed by atoms with Crippen LogP contribution in [0.5, 0.6) is 0 Å². The number of nitrogens with zero attached hydrogens (tertiary/aromatic N) is 1. The van der Waals surface area contributed by atoms with E-state index in [1.807, 2.05) is 91.0 Å². The third-order valence-electron chi connectivity index (χ3n) is 9.23. The number of ether oxygens (including phenoxy) is 2. The summed E-state index contributed by atoms with van der Waals surface area (Å²) in [6, 6.07) is 32.3. The second kappa shape index (κ2) is 15.8. The second-order valence-electron chi connectivity index (χ2n) is 12.6. The number of aliphatic hydroxyl groups is 1. The van der Waals surface area contributed by atoms with Crippen LogP contribution in [0, 0.1) is 5.92 Å². The molecule has 11 heteroatoms. The normalized spacial score (nSPS) is 22.3. The number of halogens is 3. The first-order valence-electron chi connectivity index (χ1n) is 16.6. The molecule has 0 aromatic heterocycles. The van der Waals surface area contributed by atoms with Crippen LogP contribution in [0.15, 0.2) is 108 Å². The molecule has 2 heterocycles. The molecule has 0 bridgehead atoms. The van der Waals surface area contributed by atoms with Gasteiger partial charge in [-0.15, -0.1) is 11.8 Å². The van der Waals surface area contributed by atoms with Crippen molar-refractivity contribution >= 4 is 23.6 Å². The van der Waals surface area contributed by atoms with Crippen LogP contribution < -0.4 is 5.32 Å². The number of aliphatic hydroxyl groups excluding tert-OH is 1. The summed E-state index contributed by atoms with van der Waals surface area (Å²) in [7, 11) is 0. The highest BCUT2D eigenvalue weighted by Gasteiger charge is 2.47. The van der Waals surface area contributed by atoms with E-state index in [-0.39, 0.29) is 44.2 Å². The lowest BCUT2D eigenvalue weighted by atomic mass is 9.91. The van der Waals surface area contributed by atoms with Crippen molar-refractivity contribution in [3.05, 3.63) is 125 Å². The van der Waals surface area contributed by atoms with Gasteiger partial charge in [0.05, 0.1) is 18.8 Å². The molecule has 2 aliphatic rings. The van der Waals surface area contributed by atoms with Crippen molar-refractivity contribution in [2.45, 2.75) is 68.5 Å². The predicted octanol–water partition coefficient (Wildman–Crippen LogP) is 7.60. The van der Waals surface area contributed by atoms with Crippen LogP contribution in [0.1, 0.15) is 54.4 Å². The first kappa shape index (κ1) is 35.7. The lowest BCUT2D eigenvalue weighted by Crippen LogP contribution is -2.50. The minimum atomic E-state index is -5.02. The molecule has 2 saturated heterocycles. The smallest absolute Gasteiger partial charge is 0.392 e. The standard InChI is InChI=1S/C39H39F3N2O5S/c1-25-34(24-50-32-12-3-2-4-13-32)48-37(49-35(25)28-17-15-26(23-45)16-18-28)31-11-6-10-30(21-31)29-9-5-8-27(20-29)22-43-36(46)33-14-7-19-44(33)38(47)39(40,41)42/h2-6,8-13,15-18,20-21,25,33-35,37,45H,7,14,19,22-24H2,1H3,(H,43,46)/t25-,33+,34+,35+,37+/m1/s1. The molecule has 2 fully saturated rings. The van der Waals surface area contributed by atoms with Gasteiger partial charge in [-0.3, -0.25) is 9.59 Å². The highest BCUT2D eigenvalue weighted by atomic mass is 32.2. The number of hydrogen-bond donors (Lipinski definition) is 2. The van der Waals surface area contributed by atoms with Crippen molar-refractivity contribution in [1.82, 2.24) is 10.2 Å². The van der Waals surface area contributed by atoms with Gasteiger partial charge in [-0.25, -0.2) is 0 Å². The molecule has 0 spiro atoms. The number of carbonyl (C=O) groups is 2. The first-order valence-corrected chi connectivity index (χ1v) is 17.6. The molecule has 2 amide bonds. The topological polar surface area (TPSA) is 88.1 Å². The molecule has 6 rings (SSSR count). The Kier molecular flexibility index (Phi) is 11.3. The van der Waals surface area contributed by atoms with Crippen LogP contribution in [0.3, 0.4) is 0 Å². The van der Waals surface area contributed by atoms with E-state index in [9.17, 15) is 27.9 Å². The summed E-state index contributed by atoms with van der Waals surface area (Å²) in [5.74, 6) is -1.81. The molecule has 2 aliphatic heterocycles. The van der Waals surface area contributed by atoms with E-state index in [1.165, 1.54) is 0 Å². The molecule has 0 radical (unpaired) electrons. The fourth-order valence-corrected chi connectivity index (χ4v) is 7.57. The van der Waals surface area contributed by atoms with Crippen LogP contribution >= 0.6 is 11.8 Å². The van der Waals surface area contributed by atoms with Gasteiger partial charge in [-0.1, -0.05) is 85.8 Å². The van der Waals surface area contributed by atoms with E-state index in [4.69, 9.17) is 9.47 Å². The van der Waals surface area contributed by atoms with Gasteiger partial charge in [0.15, 0.2) is 6.29 Å². The number of likely N-dealkylation sites (tertiary alicyclic amines) is 1. The number of alkyl halides is 3. The van der Waals surface area contributed by atoms with Crippen LogP contribution in [0.25, 0.3) is 11.1 Å². The quantitative estimate of drug-likeness (QED) is 0.166. The third-order valence-corrected chi connectivity index (χ3v) is 10.3. The molecular formula is C39H39F3N2O5S. The third kappa shape index (κ3) is 8.40. The Bertz CT molecular complexity index is 1770. The van der Waals surface area contributed by atoms with Gasteiger partial charge in [0, 0.05) is 35.2 Å². The average Bonchev–Trinajstić information content (AvgIpc) is 3.63. The Morgan fingerprint density at radius 1 is 0.880 bits per heavy atom. The molecule has 0 unspecified atom stereocenters. The highest BCUT2D eigenvalue weighted by molar-refractivity contribution is 7.99. The van der Waals surface area contributed by atoms with Gasteiger partial charge in [0.1, 0.15) is 6.04 Å². The average molecular weight is 705 g/mol. The molecule has 0 aliphatic carbocycles. The molecule has 5 atom stereocenters. The van der Waals surface area contributed by atoms with E-state index in [2.05, 4.69) is 24.4 Å². The number of rotatable bonds is 10. The summed E-state index contributed by atoms with van der Waals surface area (Å²) < 4.78 is 52.5. The van der Waals surface area contributed by atoms with Gasteiger partial charge < -0.3 is 24.8 Å². The minimum absolute atomic E-state index is 0.0358. The zero-order valence-corrected chi connectivity index (χ0v) is 28.3. The van der Waals surface area contributed by atoms with E-state index in [0.29, 0.717) is 11.3 Å². The largest absolute Gasteiger partial charge is 0.471 e. The molecular weight excluding hydrogens is 665 g/mol. The van der Waals surface area contributed by atoms with Crippen molar-refractivity contribution < 1.29 is 37.3 Å². The summed E-state index contributed by atoms with van der Waals surface area (Å²) in [5, 5.41) is 12.3. The van der Waals surface area contributed by atoms with Crippen LogP contribution in [0.2, 0.25) is 0 Å². The molecule has 4 aromatic carbocycles. The van der Waals surface area contributed by atoms with E-state index in [1.54, 1.807) is 11.8 Å². The highest BCUT2D eigenvalue weighted by Crippen LogP contribution is 2.43. The maximum Gasteiger partial charge on any atom is 0.471 e. The number of carbonyl (C=O) groups excluding carboxylic acids is 2. The van der Waals surface area contributed by atoms with Crippen molar-refractivity contribution in [1.29, 1.82) is 0 Å². The SMILES string of the molecule is C[C@@H]1[C@H](CSc2ccccc2)O[C@H](c2cccc(-c3cccc(CNC(=O)[C@@H]4CCCN4C(=O)C(F)(F)F)c3)c2)O[C@@H]1c1ccc(CO)cc1. The second-order valence-corrected chi connectivity index (χ2v) is 13.7. The van der Waals surface area contributed by atoms with Gasteiger partial charge in [-0.2, -0.15) is 13.2 Å². The maximum atomic E-state index is 13.1. The molecule has 7 nitrogen and oxygen atoms in total. The molecule has 50 heavy (non-hydrogen) atoms. The van der Waals surface area contributed by atoms with Crippen molar-refractivity contribution in [2.24, 2.45) is 5.92 Å². The molecule has 262 valence electrons. The first-order chi connectivity index (χ1) is 24.1. The van der Waals surface area contributed by atoms with Crippen molar-refractivity contribution in [3.8, 4) is 11.1 Å². The zero-order chi connectivity index (χ0) is 35.3. The number of hydrogen-bond acceptors (Lipinski definition) is 6. The Balaban J connectivity index is 1.18. The van der Waals surface area contributed by atoms with E-state index in [0.717, 1.165) is 44.0 Å². The van der Waals surface area contributed by atoms with Gasteiger partial charge in [0.2, 0.25) is 5.91 Å². The molecule has 2 N–H and O–H groups in total. The van der Waals surface area contributed by atoms with E-state index < -0.39 is 30.3 Å². The summed E-state index contributed by atoms with van der Waals surface area (Å²) in [4.78, 5) is 26.5. The van der Waals surface area contributed by atoms with Gasteiger partial charge in [-0.05, 0) is 64.9 Å². The Morgan fingerprint density at radius 3 is 2.32 bits per heavy atom. The summed E-state index contributed by atoms with van der Waals surface area (Å²) in [6.07, 6.45) is -5.52. The number of thioether (sulfide) groups is 1. The maximum absolute atomic E-state index is 13.1. The number of benzene rings is 4. The summed E-state index contributed by atoms with van der Waals surface area (Å²) in [6.45, 7) is 2.10. The lowest BCUT2D eigenvalue weighted by Gasteiger charge is -2.41. The Hall–Kier alpha value is -4.16. The number of amides is 2. The summed E-state index contributed by atoms with van der Waals surface area (Å²) >= 11 is 1.74. The van der Waals surface area contributed by atoms with Gasteiger partial charge in [0.25, 0.3) is 0 Å². The Morgan fingerprint density at radius 2 is 1.60 bits per heavy atom. The minimum Gasteiger partial charge on any atom is -0.392 e. The van der Waals surface area contributed by atoms with Crippen LogP contribution in [0.4, 0.5) is 13.2 Å². The predicted molar refractivity (Wildman–Crippen MR) is 185 cm³/mol. The number of nitrogens with one attached hydrogen (secondary N) is 1. The van der Waals surface area contributed by atoms with E-state index >= 15 is 0 Å². The van der Waals surface area contributed by atoms with Gasteiger partial charge >= 0.3 is 12.1 Å². The lowest BCUT2D eigenvalue weighted by molar-refractivity contribution is -0.268. The monoisotopic (exact) mass is 704 g/mol. The fraction of sp³-hybridized carbons (Fsp3) is 0.333. The zero-order valence-electron chi connectivity index (χ0n) is 27.5. The fourth-order valence-electron chi connectivity index (χ4n) is 6.48. The molecule has 4 aromatic rings. The van der Waals surface area contributed by atoms with Crippen LogP contribution in [-0.4, -0.2) is 52.4 Å². The molecule has 0 saturated carbocycles. The Labute approximate surface area is 293 Å². The van der Waals surface area contributed by atoms with Crippen molar-refractivity contribution in [2.75, 3.05) is 12.3 Å². The summed E-state index contributed by atoms with van der Waals surface area (Å²) in [5.41, 5.74) is 5.22. The van der Waals surface area contributed by atoms with Crippen LogP contribution in [-0.2, 0) is 32.2 Å². The van der Waals surface area contributed by atoms with Crippen molar-refractivity contribution in [3.63, 3.8) is 0 Å².